The maximum absolute atomic E-state index is 12.1. The van der Waals surface area contributed by atoms with E-state index < -0.39 is 0 Å². The van der Waals surface area contributed by atoms with Crippen molar-refractivity contribution in [2.45, 2.75) is 33.2 Å². The van der Waals surface area contributed by atoms with Gasteiger partial charge in [0, 0.05) is 31.9 Å². The fourth-order valence-corrected chi connectivity index (χ4v) is 3.39. The van der Waals surface area contributed by atoms with Gasteiger partial charge in [0.1, 0.15) is 0 Å². The Morgan fingerprint density at radius 1 is 1.23 bits per heavy atom. The van der Waals surface area contributed by atoms with Gasteiger partial charge in [-0.15, -0.1) is 0 Å². The molecule has 0 saturated carbocycles. The van der Waals surface area contributed by atoms with Gasteiger partial charge >= 0.3 is 0 Å². The van der Waals surface area contributed by atoms with Crippen molar-refractivity contribution < 1.29 is 4.79 Å². The highest BCUT2D eigenvalue weighted by atomic mass is 16.2. The van der Waals surface area contributed by atoms with Gasteiger partial charge in [-0.05, 0) is 43.9 Å². The number of benzene rings is 1. The summed E-state index contributed by atoms with van der Waals surface area (Å²) in [6.07, 6.45) is 4.13. The van der Waals surface area contributed by atoms with E-state index in [4.69, 9.17) is 0 Å². The van der Waals surface area contributed by atoms with Gasteiger partial charge < -0.3 is 5.32 Å². The summed E-state index contributed by atoms with van der Waals surface area (Å²) in [6, 6.07) is 12.6. The second-order valence-electron chi connectivity index (χ2n) is 6.93. The Hall–Kier alpha value is -2.40. The van der Waals surface area contributed by atoms with E-state index in [9.17, 15) is 4.79 Å². The molecule has 1 N–H and O–H groups in total. The van der Waals surface area contributed by atoms with Crippen LogP contribution in [0.1, 0.15) is 29.8 Å². The number of hydrogen-bond acceptors (Lipinski definition) is 3. The second kappa shape index (κ2) is 8.81. The molecule has 2 heterocycles. The summed E-state index contributed by atoms with van der Waals surface area (Å²) in [4.78, 5) is 14.3. The van der Waals surface area contributed by atoms with Gasteiger partial charge in [0.05, 0.1) is 12.2 Å². The second-order valence-corrected chi connectivity index (χ2v) is 6.93. The molecule has 3 rings (SSSR count). The minimum absolute atomic E-state index is 0.106. The van der Waals surface area contributed by atoms with Gasteiger partial charge in [-0.1, -0.05) is 36.4 Å². The van der Waals surface area contributed by atoms with E-state index in [1.165, 1.54) is 16.8 Å². The summed E-state index contributed by atoms with van der Waals surface area (Å²) >= 11 is 0. The summed E-state index contributed by atoms with van der Waals surface area (Å²) in [5.74, 6) is 0.106. The van der Waals surface area contributed by atoms with Crippen LogP contribution in [0.15, 0.2) is 42.5 Å². The molecule has 1 aliphatic rings. The van der Waals surface area contributed by atoms with Crippen molar-refractivity contribution in [3.05, 3.63) is 59.4 Å². The van der Waals surface area contributed by atoms with Crippen LogP contribution in [-0.4, -0.2) is 46.8 Å². The number of amides is 1. The predicted molar refractivity (Wildman–Crippen MR) is 105 cm³/mol. The Balaban J connectivity index is 1.36. The molecule has 0 saturated heterocycles. The molecule has 0 unspecified atom stereocenters. The van der Waals surface area contributed by atoms with E-state index >= 15 is 0 Å². The predicted octanol–water partition coefficient (Wildman–Crippen LogP) is 2.80. The van der Waals surface area contributed by atoms with E-state index in [0.717, 1.165) is 38.2 Å². The molecule has 0 atom stereocenters. The zero-order chi connectivity index (χ0) is 18.4. The first-order chi connectivity index (χ1) is 12.6. The molecule has 1 aliphatic heterocycles. The third-order valence-electron chi connectivity index (χ3n) is 4.78. The lowest BCUT2D eigenvalue weighted by molar-refractivity contribution is -0.122. The molecule has 2 aromatic rings. The lowest BCUT2D eigenvalue weighted by Crippen LogP contribution is -2.39. The minimum atomic E-state index is 0.106. The molecule has 5 nitrogen and oxygen atoms in total. The van der Waals surface area contributed by atoms with Crippen molar-refractivity contribution in [3.63, 3.8) is 0 Å². The highest BCUT2D eigenvalue weighted by molar-refractivity contribution is 5.78. The molecule has 0 aliphatic carbocycles. The summed E-state index contributed by atoms with van der Waals surface area (Å²) < 4.78 is 2.00. The van der Waals surface area contributed by atoms with Crippen LogP contribution in [0.2, 0.25) is 0 Å². The first kappa shape index (κ1) is 18.4. The van der Waals surface area contributed by atoms with Gasteiger partial charge in [0.2, 0.25) is 5.91 Å². The molecular weight excluding hydrogens is 324 g/mol. The zero-order valence-corrected chi connectivity index (χ0v) is 15.7. The quantitative estimate of drug-likeness (QED) is 0.780. The largest absolute Gasteiger partial charge is 0.355 e. The number of aromatic nitrogens is 2. The summed E-state index contributed by atoms with van der Waals surface area (Å²) in [5.41, 5.74) is 4.88. The van der Waals surface area contributed by atoms with E-state index in [2.05, 4.69) is 58.6 Å². The average molecular weight is 352 g/mol. The van der Waals surface area contributed by atoms with Crippen molar-refractivity contribution in [2.75, 3.05) is 26.2 Å². The Kier molecular flexibility index (Phi) is 6.23. The van der Waals surface area contributed by atoms with Crippen LogP contribution in [0.5, 0.6) is 0 Å². The van der Waals surface area contributed by atoms with Gasteiger partial charge in [0.25, 0.3) is 0 Å². The molecule has 5 heteroatoms. The van der Waals surface area contributed by atoms with E-state index in [0.29, 0.717) is 13.1 Å². The zero-order valence-electron chi connectivity index (χ0n) is 15.7. The number of nitrogens with zero attached hydrogens (tertiary/aromatic N) is 3. The molecule has 0 spiro atoms. The Morgan fingerprint density at radius 2 is 2.04 bits per heavy atom. The standard InChI is InChI=1S/C21H28N4O/c1-17-15-18(2)25(23-17)12-6-11-22-21(26)16-24-13-9-20(10-14-24)19-7-4-3-5-8-19/h3-5,7-9,15H,6,10-14,16H2,1-2H3,(H,22,26). The van der Waals surface area contributed by atoms with Crippen molar-refractivity contribution >= 4 is 11.5 Å². The smallest absolute Gasteiger partial charge is 0.234 e. The number of rotatable bonds is 7. The van der Waals surface area contributed by atoms with Gasteiger partial charge in [-0.25, -0.2) is 0 Å². The molecule has 138 valence electrons. The molecule has 0 radical (unpaired) electrons. The summed E-state index contributed by atoms with van der Waals surface area (Å²) in [5, 5.41) is 7.47. The van der Waals surface area contributed by atoms with Crippen LogP contribution < -0.4 is 5.32 Å². The first-order valence-corrected chi connectivity index (χ1v) is 9.36. The highest BCUT2D eigenvalue weighted by Crippen LogP contribution is 2.21. The van der Waals surface area contributed by atoms with Crippen LogP contribution in [0.4, 0.5) is 0 Å². The third kappa shape index (κ3) is 5.05. The molecule has 1 aromatic carbocycles. The normalized spacial score (nSPS) is 14.9. The Bertz CT molecular complexity index is 764. The molecule has 1 aromatic heterocycles. The maximum atomic E-state index is 12.1. The van der Waals surface area contributed by atoms with Gasteiger partial charge in [-0.3, -0.25) is 14.4 Å². The average Bonchev–Trinajstić information content (AvgIpc) is 2.97. The fraction of sp³-hybridized carbons (Fsp3) is 0.429. The number of nitrogens with one attached hydrogen (secondary N) is 1. The van der Waals surface area contributed by atoms with Crippen molar-refractivity contribution in [2.24, 2.45) is 0 Å². The van der Waals surface area contributed by atoms with Crippen LogP contribution >= 0.6 is 0 Å². The molecular formula is C21H28N4O. The maximum Gasteiger partial charge on any atom is 0.234 e. The fourth-order valence-electron chi connectivity index (χ4n) is 3.39. The minimum Gasteiger partial charge on any atom is -0.355 e. The lowest BCUT2D eigenvalue weighted by atomic mass is 10.00. The topological polar surface area (TPSA) is 50.2 Å². The Labute approximate surface area is 155 Å². The molecule has 0 fully saturated rings. The molecule has 26 heavy (non-hydrogen) atoms. The molecule has 0 bridgehead atoms. The van der Waals surface area contributed by atoms with Crippen molar-refractivity contribution in [3.8, 4) is 0 Å². The number of carbonyl (C=O) groups is 1. The van der Waals surface area contributed by atoms with E-state index in [1.807, 2.05) is 17.7 Å². The number of carbonyl (C=O) groups excluding carboxylic acids is 1. The van der Waals surface area contributed by atoms with E-state index in [1.54, 1.807) is 0 Å². The summed E-state index contributed by atoms with van der Waals surface area (Å²) in [7, 11) is 0. The van der Waals surface area contributed by atoms with Crippen LogP contribution in [0, 0.1) is 13.8 Å². The Morgan fingerprint density at radius 3 is 2.69 bits per heavy atom. The SMILES string of the molecule is Cc1cc(C)n(CCCNC(=O)CN2CC=C(c3ccccc3)CC2)n1. The van der Waals surface area contributed by atoms with Crippen LogP contribution in [-0.2, 0) is 11.3 Å². The number of hydrogen-bond donors (Lipinski definition) is 1. The monoisotopic (exact) mass is 352 g/mol. The van der Waals surface area contributed by atoms with Crippen LogP contribution in [0.3, 0.4) is 0 Å². The highest BCUT2D eigenvalue weighted by Gasteiger charge is 2.15. The third-order valence-corrected chi connectivity index (χ3v) is 4.78. The first-order valence-electron chi connectivity index (χ1n) is 9.36. The lowest BCUT2D eigenvalue weighted by Gasteiger charge is -2.25. The van der Waals surface area contributed by atoms with Gasteiger partial charge in [-0.2, -0.15) is 5.10 Å². The van der Waals surface area contributed by atoms with Crippen LogP contribution in [0.25, 0.3) is 5.57 Å². The van der Waals surface area contributed by atoms with Crippen molar-refractivity contribution in [1.29, 1.82) is 0 Å². The molecule has 1 amide bonds. The van der Waals surface area contributed by atoms with E-state index in [-0.39, 0.29) is 5.91 Å². The van der Waals surface area contributed by atoms with Gasteiger partial charge in [0.15, 0.2) is 0 Å². The number of aryl methyl sites for hydroxylation is 3. The summed E-state index contributed by atoms with van der Waals surface area (Å²) in [6.45, 7) is 7.83. The van der Waals surface area contributed by atoms with Crippen molar-refractivity contribution in [1.82, 2.24) is 20.0 Å².